The van der Waals surface area contributed by atoms with E-state index in [0.29, 0.717) is 18.8 Å². The van der Waals surface area contributed by atoms with Crippen molar-refractivity contribution in [2.75, 3.05) is 45.2 Å². The van der Waals surface area contributed by atoms with Crippen LogP contribution in [0.4, 0.5) is 10.5 Å². The van der Waals surface area contributed by atoms with E-state index in [1.165, 1.54) is 5.56 Å². The van der Waals surface area contributed by atoms with Gasteiger partial charge in [0, 0.05) is 25.2 Å². The van der Waals surface area contributed by atoms with E-state index in [9.17, 15) is 9.59 Å². The first-order valence-corrected chi connectivity index (χ1v) is 12.1. The Morgan fingerprint density at radius 1 is 1.06 bits per heavy atom. The van der Waals surface area contributed by atoms with Crippen LogP contribution in [0.2, 0.25) is 0 Å². The first kappa shape index (κ1) is 22.9. The molecule has 3 fully saturated rings. The number of piperazine rings is 1. The summed E-state index contributed by atoms with van der Waals surface area (Å²) in [5.74, 6) is 0.0462. The highest BCUT2D eigenvalue weighted by Gasteiger charge is 2.50. The van der Waals surface area contributed by atoms with Crippen molar-refractivity contribution in [1.82, 2.24) is 30.8 Å². The second kappa shape index (κ2) is 9.05. The summed E-state index contributed by atoms with van der Waals surface area (Å²) >= 11 is 0. The average molecular weight is 464 g/mol. The monoisotopic (exact) mass is 463 g/mol. The maximum atomic E-state index is 12.9. The van der Waals surface area contributed by atoms with E-state index in [1.54, 1.807) is 17.3 Å². The maximum absolute atomic E-state index is 12.9. The van der Waals surface area contributed by atoms with Gasteiger partial charge >= 0.3 is 6.03 Å². The van der Waals surface area contributed by atoms with Crippen molar-refractivity contribution in [3.05, 3.63) is 54.1 Å². The topological polar surface area (TPSA) is 102 Å². The van der Waals surface area contributed by atoms with E-state index >= 15 is 0 Å². The zero-order valence-electron chi connectivity index (χ0n) is 19.9. The molecule has 2 aliphatic heterocycles. The smallest absolute Gasteiger partial charge is 0.322 e. The Bertz CT molecular complexity index is 1030. The van der Waals surface area contributed by atoms with Gasteiger partial charge < -0.3 is 16.0 Å². The molecule has 0 radical (unpaired) electrons. The van der Waals surface area contributed by atoms with Gasteiger partial charge in [0.05, 0.1) is 36.2 Å². The van der Waals surface area contributed by atoms with Gasteiger partial charge in [0.2, 0.25) is 5.78 Å². The Kier molecular flexibility index (Phi) is 6.09. The minimum atomic E-state index is -0.318. The minimum Gasteiger partial charge on any atom is -0.330 e. The molecular weight excluding hydrogens is 430 g/mol. The highest BCUT2D eigenvalue weighted by atomic mass is 16.2. The second-order valence-electron chi connectivity index (χ2n) is 9.93. The van der Waals surface area contributed by atoms with Crippen LogP contribution in [-0.4, -0.2) is 78.5 Å². The van der Waals surface area contributed by atoms with Crippen LogP contribution in [0, 0.1) is 0 Å². The van der Waals surface area contributed by atoms with E-state index in [0.717, 1.165) is 38.8 Å². The minimum absolute atomic E-state index is 0.0300. The molecule has 1 spiro atoms. The van der Waals surface area contributed by atoms with Gasteiger partial charge in [0.25, 0.3) is 0 Å². The second-order valence-corrected chi connectivity index (χ2v) is 9.93. The highest BCUT2D eigenvalue weighted by molar-refractivity contribution is 5.98. The first-order chi connectivity index (χ1) is 16.4. The van der Waals surface area contributed by atoms with Gasteiger partial charge in [-0.2, -0.15) is 0 Å². The lowest BCUT2D eigenvalue weighted by Crippen LogP contribution is -2.54. The zero-order chi connectivity index (χ0) is 23.8. The molecule has 3 aliphatic rings. The summed E-state index contributed by atoms with van der Waals surface area (Å²) in [5.41, 5.74) is 1.65. The van der Waals surface area contributed by atoms with Gasteiger partial charge in [-0.05, 0) is 45.3 Å². The summed E-state index contributed by atoms with van der Waals surface area (Å²) in [5, 5.41) is 9.65. The number of nitrogens with one attached hydrogen (secondary N) is 3. The van der Waals surface area contributed by atoms with Crippen LogP contribution in [0.1, 0.15) is 41.9 Å². The number of benzene rings is 1. The van der Waals surface area contributed by atoms with Gasteiger partial charge in [0.15, 0.2) is 5.82 Å². The predicted octanol–water partition coefficient (Wildman–Crippen LogP) is 1.52. The van der Waals surface area contributed by atoms with Crippen molar-refractivity contribution in [2.24, 2.45) is 0 Å². The Hall–Kier alpha value is -2.88. The van der Waals surface area contributed by atoms with Crippen LogP contribution >= 0.6 is 0 Å². The number of aromatic nitrogens is 2. The normalized spacial score (nSPS) is 29.4. The molecule has 180 valence electrons. The molecule has 5 rings (SSSR count). The highest BCUT2D eigenvalue weighted by Crippen LogP contribution is 2.46. The molecule has 1 atom stereocenters. The van der Waals surface area contributed by atoms with Gasteiger partial charge in [-0.1, -0.05) is 30.3 Å². The van der Waals surface area contributed by atoms with Crippen molar-refractivity contribution >= 4 is 17.5 Å². The molecule has 1 aromatic carbocycles. The fourth-order valence-corrected chi connectivity index (χ4v) is 5.67. The number of ketones is 1. The number of nitrogens with zero attached hydrogens (tertiary/aromatic N) is 4. The summed E-state index contributed by atoms with van der Waals surface area (Å²) in [6.07, 6.45) is 6.88. The fraction of sp³-hybridized carbons (Fsp3) is 0.520. The number of hydrogen-bond acceptors (Lipinski definition) is 7. The zero-order valence-corrected chi connectivity index (χ0v) is 19.9. The van der Waals surface area contributed by atoms with Crippen molar-refractivity contribution in [2.45, 2.75) is 42.8 Å². The largest absolute Gasteiger partial charge is 0.330 e. The number of urea groups is 1. The lowest BCUT2D eigenvalue weighted by molar-refractivity contribution is 0.0658. The van der Waals surface area contributed by atoms with Crippen molar-refractivity contribution in [3.63, 3.8) is 0 Å². The van der Waals surface area contributed by atoms with E-state index in [-0.39, 0.29) is 34.8 Å². The summed E-state index contributed by atoms with van der Waals surface area (Å²) in [6, 6.07) is 10.2. The van der Waals surface area contributed by atoms with E-state index in [1.807, 2.05) is 0 Å². The summed E-state index contributed by atoms with van der Waals surface area (Å²) in [7, 11) is 4.28. The molecule has 2 saturated heterocycles. The first-order valence-electron chi connectivity index (χ1n) is 12.1. The molecule has 9 nitrogen and oxygen atoms in total. The number of anilines is 1. The molecule has 1 aromatic heterocycles. The quantitative estimate of drug-likeness (QED) is 0.578. The molecule has 1 saturated carbocycles. The Morgan fingerprint density at radius 2 is 1.76 bits per heavy atom. The number of amides is 2. The third kappa shape index (κ3) is 4.08. The molecule has 2 amide bonds. The van der Waals surface area contributed by atoms with Crippen LogP contribution in [0.3, 0.4) is 0 Å². The third-order valence-electron chi connectivity index (χ3n) is 7.81. The Labute approximate surface area is 200 Å². The number of carbonyl (C=O) groups excluding carboxylic acids is 2. The fourth-order valence-electron chi connectivity index (χ4n) is 5.67. The molecule has 9 heteroatoms. The lowest BCUT2D eigenvalue weighted by Gasteiger charge is -2.48. The maximum Gasteiger partial charge on any atom is 0.322 e. The summed E-state index contributed by atoms with van der Waals surface area (Å²) in [4.78, 5) is 38.2. The van der Waals surface area contributed by atoms with Gasteiger partial charge in [0.1, 0.15) is 0 Å². The van der Waals surface area contributed by atoms with E-state index in [4.69, 9.17) is 0 Å². The Balaban J connectivity index is 1.28. The van der Waals surface area contributed by atoms with Crippen LogP contribution in [0.25, 0.3) is 0 Å². The molecule has 1 aliphatic carbocycles. The number of hydrogen-bond donors (Lipinski definition) is 3. The molecule has 2 aromatic rings. The third-order valence-corrected chi connectivity index (χ3v) is 7.81. The summed E-state index contributed by atoms with van der Waals surface area (Å²) < 4.78 is 0. The van der Waals surface area contributed by atoms with Crippen LogP contribution in [0.15, 0.2) is 42.7 Å². The number of rotatable bonds is 5. The van der Waals surface area contributed by atoms with Crippen molar-refractivity contribution in [3.8, 4) is 0 Å². The lowest BCUT2D eigenvalue weighted by atomic mass is 9.69. The molecule has 3 heterocycles. The van der Waals surface area contributed by atoms with Gasteiger partial charge in [-0.15, -0.1) is 0 Å². The summed E-state index contributed by atoms with van der Waals surface area (Å²) in [6.45, 7) is 2.73. The number of Topliss-reactive ketones (excluding diaryl/α,β-unsaturated/α-hetero) is 1. The van der Waals surface area contributed by atoms with Gasteiger partial charge in [-0.25, -0.2) is 14.8 Å². The van der Waals surface area contributed by atoms with Crippen LogP contribution < -0.4 is 20.9 Å². The molecule has 34 heavy (non-hydrogen) atoms. The van der Waals surface area contributed by atoms with E-state index in [2.05, 4.69) is 75.2 Å². The molecule has 3 N–H and O–H groups in total. The molecule has 0 bridgehead atoms. The van der Waals surface area contributed by atoms with E-state index < -0.39 is 0 Å². The van der Waals surface area contributed by atoms with Crippen molar-refractivity contribution in [1.29, 1.82) is 0 Å². The average Bonchev–Trinajstić information content (AvgIpc) is 3.20. The molecular formula is C25H33N7O2. The predicted molar refractivity (Wildman–Crippen MR) is 130 cm³/mol. The van der Waals surface area contributed by atoms with Crippen LogP contribution in [-0.2, 0) is 5.54 Å². The standard InChI is InChI=1S/C25H33N7O2/c1-31(2)25(18-6-4-3-5-7-18)10-8-24(9-11-25)17-32(23(34)30-24)19-14-28-22(29-15-19)21(33)20-16-26-12-13-27-20/h3-7,14-15,20,26-27H,8-13,16-17H2,1-2H3,(H,30,34)/t20?,24-,25-. The Morgan fingerprint density at radius 3 is 2.38 bits per heavy atom. The molecule has 1 unspecified atom stereocenters. The number of carbonyl (C=O) groups is 2. The van der Waals surface area contributed by atoms with Gasteiger partial charge in [-0.3, -0.25) is 14.6 Å². The van der Waals surface area contributed by atoms with Crippen LogP contribution in [0.5, 0.6) is 0 Å². The SMILES string of the molecule is CN(C)[C@]1(c2ccccc2)CC[C@@]2(CC1)CN(c1cnc(C(=O)C3CNCCN3)nc1)C(=O)N2. The van der Waals surface area contributed by atoms with Crippen molar-refractivity contribution < 1.29 is 9.59 Å².